The summed E-state index contributed by atoms with van der Waals surface area (Å²) < 4.78 is 6.89. The minimum atomic E-state index is -0.668. The lowest BCUT2D eigenvalue weighted by molar-refractivity contribution is -0.128. The minimum Gasteiger partial charge on any atom is -0.476 e. The highest BCUT2D eigenvalue weighted by Gasteiger charge is 2.22. The summed E-state index contributed by atoms with van der Waals surface area (Å²) in [6.07, 6.45) is -0.668. The van der Waals surface area contributed by atoms with Crippen LogP contribution in [-0.2, 0) is 4.79 Å². The van der Waals surface area contributed by atoms with Crippen LogP contribution in [0.5, 0.6) is 5.75 Å². The molecule has 2 rings (SSSR count). The van der Waals surface area contributed by atoms with Crippen molar-refractivity contribution in [2.24, 2.45) is 0 Å². The van der Waals surface area contributed by atoms with Crippen LogP contribution in [0.2, 0.25) is 0 Å². The van der Waals surface area contributed by atoms with Crippen LogP contribution in [0.1, 0.15) is 18.6 Å². The number of hydrogen-bond donors (Lipinski definition) is 2. The van der Waals surface area contributed by atoms with Crippen molar-refractivity contribution in [3.8, 4) is 5.75 Å². The second-order valence-electron chi connectivity index (χ2n) is 5.01. The molecule has 0 saturated heterocycles. The highest BCUT2D eigenvalue weighted by molar-refractivity contribution is 9.10. The Kier molecular flexibility index (Phi) is 9.45. The van der Waals surface area contributed by atoms with Crippen LogP contribution < -0.4 is 15.4 Å². The zero-order valence-corrected chi connectivity index (χ0v) is 15.9. The van der Waals surface area contributed by atoms with Crippen molar-refractivity contribution >= 4 is 34.2 Å². The van der Waals surface area contributed by atoms with Crippen LogP contribution in [0, 0.1) is 0 Å². The van der Waals surface area contributed by atoms with Crippen molar-refractivity contribution in [1.29, 1.82) is 0 Å². The topological polar surface area (TPSA) is 50.4 Å². The van der Waals surface area contributed by atoms with E-state index in [2.05, 4.69) is 26.6 Å². The van der Waals surface area contributed by atoms with Crippen molar-refractivity contribution in [2.45, 2.75) is 13.0 Å². The van der Waals surface area contributed by atoms with Gasteiger partial charge in [-0.25, -0.2) is 0 Å². The van der Waals surface area contributed by atoms with Crippen molar-refractivity contribution in [2.75, 3.05) is 19.6 Å². The lowest BCUT2D eigenvalue weighted by Gasteiger charge is -2.19. The molecule has 0 aromatic heterocycles. The molecule has 2 aromatic rings. The van der Waals surface area contributed by atoms with E-state index < -0.39 is 6.10 Å². The van der Waals surface area contributed by atoms with E-state index in [4.69, 9.17) is 4.74 Å². The van der Waals surface area contributed by atoms with E-state index in [1.54, 1.807) is 0 Å². The van der Waals surface area contributed by atoms with Gasteiger partial charge in [0.2, 0.25) is 6.10 Å². The maximum Gasteiger partial charge on any atom is 0.265 e. The maximum absolute atomic E-state index is 12.5. The van der Waals surface area contributed by atoms with Gasteiger partial charge in [0.25, 0.3) is 5.91 Å². The van der Waals surface area contributed by atoms with E-state index in [-0.39, 0.29) is 18.3 Å². The molecular formula is C18H22BrClN2O2. The molecule has 0 saturated carbocycles. The molecule has 0 fully saturated rings. The van der Waals surface area contributed by atoms with Crippen LogP contribution in [0.25, 0.3) is 0 Å². The number of carbonyl (C=O) groups is 1. The third-order valence-electron chi connectivity index (χ3n) is 3.26. The summed E-state index contributed by atoms with van der Waals surface area (Å²) in [7, 11) is 0. The van der Waals surface area contributed by atoms with E-state index in [1.807, 2.05) is 61.5 Å². The van der Waals surface area contributed by atoms with Crippen LogP contribution in [-0.4, -0.2) is 25.5 Å². The van der Waals surface area contributed by atoms with Gasteiger partial charge in [0.1, 0.15) is 5.75 Å². The molecule has 0 radical (unpaired) electrons. The summed E-state index contributed by atoms with van der Waals surface area (Å²) in [5.74, 6) is 0.515. The molecule has 6 heteroatoms. The first-order valence-electron chi connectivity index (χ1n) is 7.66. The number of amides is 1. The van der Waals surface area contributed by atoms with E-state index in [0.29, 0.717) is 12.3 Å². The Morgan fingerprint density at radius 2 is 1.75 bits per heavy atom. The van der Waals surface area contributed by atoms with Gasteiger partial charge in [-0.05, 0) is 30.8 Å². The average molecular weight is 414 g/mol. The largest absolute Gasteiger partial charge is 0.476 e. The molecule has 130 valence electrons. The molecule has 0 bridgehead atoms. The summed E-state index contributed by atoms with van der Waals surface area (Å²) in [6.45, 7) is 4.22. The molecule has 0 heterocycles. The smallest absolute Gasteiger partial charge is 0.265 e. The summed E-state index contributed by atoms with van der Waals surface area (Å²) in [4.78, 5) is 12.5. The number of rotatable bonds is 8. The van der Waals surface area contributed by atoms with Gasteiger partial charge in [-0.2, -0.15) is 0 Å². The molecule has 1 atom stereocenters. The van der Waals surface area contributed by atoms with Gasteiger partial charge < -0.3 is 15.4 Å². The van der Waals surface area contributed by atoms with Gasteiger partial charge in [0, 0.05) is 23.1 Å². The third kappa shape index (κ3) is 6.51. The van der Waals surface area contributed by atoms with E-state index in [0.717, 1.165) is 23.1 Å². The lowest BCUT2D eigenvalue weighted by Crippen LogP contribution is -2.36. The Labute approximate surface area is 157 Å². The molecule has 24 heavy (non-hydrogen) atoms. The van der Waals surface area contributed by atoms with Gasteiger partial charge in [0.05, 0.1) is 0 Å². The quantitative estimate of drug-likeness (QED) is 0.649. The van der Waals surface area contributed by atoms with E-state index >= 15 is 0 Å². The van der Waals surface area contributed by atoms with Gasteiger partial charge in [-0.3, -0.25) is 4.79 Å². The molecule has 1 amide bonds. The number of benzene rings is 2. The van der Waals surface area contributed by atoms with Crippen molar-refractivity contribution in [1.82, 2.24) is 10.6 Å². The minimum absolute atomic E-state index is 0. The number of halogens is 2. The van der Waals surface area contributed by atoms with Gasteiger partial charge in [-0.15, -0.1) is 12.4 Å². The fourth-order valence-electron chi connectivity index (χ4n) is 2.09. The highest BCUT2D eigenvalue weighted by Crippen LogP contribution is 2.23. The number of hydrogen-bond acceptors (Lipinski definition) is 3. The van der Waals surface area contributed by atoms with Crippen LogP contribution in [0.3, 0.4) is 0 Å². The van der Waals surface area contributed by atoms with Gasteiger partial charge >= 0.3 is 0 Å². The Balaban J connectivity index is 0.00000288. The molecule has 2 N–H and O–H groups in total. The van der Waals surface area contributed by atoms with Crippen LogP contribution in [0.4, 0.5) is 0 Å². The Bertz CT molecular complexity index is 608. The molecule has 0 aliphatic carbocycles. The molecule has 2 aromatic carbocycles. The van der Waals surface area contributed by atoms with Crippen molar-refractivity contribution in [3.63, 3.8) is 0 Å². The van der Waals surface area contributed by atoms with Crippen molar-refractivity contribution < 1.29 is 9.53 Å². The van der Waals surface area contributed by atoms with Gasteiger partial charge in [-0.1, -0.05) is 53.2 Å². The second kappa shape index (κ2) is 11.1. The van der Waals surface area contributed by atoms with E-state index in [1.165, 1.54) is 0 Å². The Morgan fingerprint density at radius 1 is 1.08 bits per heavy atom. The molecule has 0 aliphatic heterocycles. The third-order valence-corrected chi connectivity index (χ3v) is 3.79. The highest BCUT2D eigenvalue weighted by atomic mass is 79.9. The van der Waals surface area contributed by atoms with E-state index in [9.17, 15) is 4.79 Å². The van der Waals surface area contributed by atoms with Gasteiger partial charge in [0.15, 0.2) is 0 Å². The Hall–Kier alpha value is -1.56. The predicted molar refractivity (Wildman–Crippen MR) is 103 cm³/mol. The molecule has 0 aliphatic rings. The molecular weight excluding hydrogens is 392 g/mol. The lowest BCUT2D eigenvalue weighted by atomic mass is 10.1. The number of nitrogens with one attached hydrogen (secondary N) is 2. The fraction of sp³-hybridized carbons (Fsp3) is 0.278. The van der Waals surface area contributed by atoms with Crippen LogP contribution in [0.15, 0.2) is 59.1 Å². The Morgan fingerprint density at radius 3 is 2.38 bits per heavy atom. The average Bonchev–Trinajstić information content (AvgIpc) is 2.59. The summed E-state index contributed by atoms with van der Waals surface area (Å²) in [6, 6.07) is 17.0. The fourth-order valence-corrected chi connectivity index (χ4v) is 2.36. The normalized spacial score (nSPS) is 11.2. The second-order valence-corrected chi connectivity index (χ2v) is 5.92. The predicted octanol–water partition coefficient (Wildman–Crippen LogP) is 3.72. The zero-order valence-electron chi connectivity index (χ0n) is 13.5. The van der Waals surface area contributed by atoms with Crippen molar-refractivity contribution in [3.05, 3.63) is 64.6 Å². The summed E-state index contributed by atoms with van der Waals surface area (Å²) in [5, 5.41) is 6.09. The molecule has 4 nitrogen and oxygen atoms in total. The first kappa shape index (κ1) is 20.5. The maximum atomic E-state index is 12.5. The molecule has 0 spiro atoms. The number of likely N-dealkylation sites (N-methyl/N-ethyl adjacent to an activating group) is 1. The summed E-state index contributed by atoms with van der Waals surface area (Å²) in [5.41, 5.74) is 0.830. The number of ether oxygens (including phenoxy) is 1. The molecule has 1 unspecified atom stereocenters. The first-order chi connectivity index (χ1) is 11.2. The SMILES string of the molecule is CCNCCNC(=O)C(Oc1ccc(Br)cc1)c1ccccc1.Cl. The standard InChI is InChI=1S/C18H21BrN2O2.ClH/c1-2-20-12-13-21-18(22)17(14-6-4-3-5-7-14)23-16-10-8-15(19)9-11-16;/h3-11,17,20H,2,12-13H2,1H3,(H,21,22);1H. The first-order valence-corrected chi connectivity index (χ1v) is 8.45. The number of carbonyl (C=O) groups excluding carboxylic acids is 1. The monoisotopic (exact) mass is 412 g/mol. The van der Waals surface area contributed by atoms with Crippen LogP contribution >= 0.6 is 28.3 Å². The summed E-state index contributed by atoms with van der Waals surface area (Å²) >= 11 is 3.39. The zero-order chi connectivity index (χ0) is 16.5.